The fraction of sp³-hybridized carbons (Fsp3) is 0.217. The van der Waals surface area contributed by atoms with E-state index in [1.807, 2.05) is 0 Å². The van der Waals surface area contributed by atoms with Crippen molar-refractivity contribution in [3.63, 3.8) is 0 Å². The fourth-order valence-corrected chi connectivity index (χ4v) is 3.81. The molecule has 0 saturated heterocycles. The Morgan fingerprint density at radius 2 is 1.82 bits per heavy atom. The Labute approximate surface area is 200 Å². The lowest BCUT2D eigenvalue weighted by molar-refractivity contribution is -0.113. The van der Waals surface area contributed by atoms with Gasteiger partial charge >= 0.3 is 5.97 Å². The lowest BCUT2D eigenvalue weighted by atomic mass is 9.94. The van der Waals surface area contributed by atoms with E-state index < -0.39 is 12.0 Å². The van der Waals surface area contributed by atoms with E-state index in [1.54, 1.807) is 56.5 Å². The molecule has 176 valence electrons. The molecule has 1 amide bonds. The molecule has 11 heteroatoms. The van der Waals surface area contributed by atoms with Crippen LogP contribution in [0, 0.1) is 0 Å². The Hall–Kier alpha value is -4.05. The number of aromatic nitrogens is 3. The van der Waals surface area contributed by atoms with Gasteiger partial charge in [-0.2, -0.15) is 4.98 Å². The van der Waals surface area contributed by atoms with Gasteiger partial charge in [-0.1, -0.05) is 11.6 Å². The van der Waals surface area contributed by atoms with Crippen LogP contribution in [0.3, 0.4) is 0 Å². The topological polar surface area (TPSA) is 117 Å². The van der Waals surface area contributed by atoms with Crippen molar-refractivity contribution >= 4 is 35.1 Å². The summed E-state index contributed by atoms with van der Waals surface area (Å²) in [5.41, 5.74) is 2.07. The summed E-state index contributed by atoms with van der Waals surface area (Å²) >= 11 is 5.96. The van der Waals surface area contributed by atoms with Gasteiger partial charge in [0, 0.05) is 28.0 Å². The van der Waals surface area contributed by atoms with Gasteiger partial charge in [-0.05, 0) is 43.3 Å². The molecule has 2 heterocycles. The van der Waals surface area contributed by atoms with Gasteiger partial charge in [0.2, 0.25) is 5.95 Å². The summed E-state index contributed by atoms with van der Waals surface area (Å²) in [5.74, 6) is 0.108. The number of benzene rings is 2. The SMILES string of the molecule is COC(=O)c1nc2n(n1)[C@@H](c1ccc(OC)cc1OC)C(C(=O)Nc1ccc(Cl)cc1)=C(C)N2. The zero-order valence-corrected chi connectivity index (χ0v) is 19.6. The van der Waals surface area contributed by atoms with E-state index in [0.29, 0.717) is 39.0 Å². The van der Waals surface area contributed by atoms with Crippen LogP contribution >= 0.6 is 11.6 Å². The number of rotatable bonds is 6. The zero-order chi connectivity index (χ0) is 24.4. The summed E-state index contributed by atoms with van der Waals surface area (Å²) in [6.07, 6.45) is 0. The van der Waals surface area contributed by atoms with E-state index in [-0.39, 0.29) is 17.7 Å². The molecule has 1 aromatic heterocycles. The second kappa shape index (κ2) is 9.44. The van der Waals surface area contributed by atoms with Crippen molar-refractivity contribution in [2.24, 2.45) is 0 Å². The van der Waals surface area contributed by atoms with Crippen LogP contribution in [0.1, 0.15) is 29.1 Å². The molecule has 10 nitrogen and oxygen atoms in total. The van der Waals surface area contributed by atoms with E-state index in [1.165, 1.54) is 18.9 Å². The number of allylic oxidation sites excluding steroid dienone is 1. The molecule has 2 aromatic carbocycles. The number of fused-ring (bicyclic) bond motifs is 1. The number of hydrogen-bond donors (Lipinski definition) is 2. The Morgan fingerprint density at radius 3 is 2.47 bits per heavy atom. The lowest BCUT2D eigenvalue weighted by Crippen LogP contribution is -2.31. The average molecular weight is 484 g/mol. The van der Waals surface area contributed by atoms with Gasteiger partial charge < -0.3 is 24.8 Å². The largest absolute Gasteiger partial charge is 0.497 e. The molecule has 0 radical (unpaired) electrons. The van der Waals surface area contributed by atoms with E-state index in [9.17, 15) is 9.59 Å². The number of methoxy groups -OCH3 is 3. The van der Waals surface area contributed by atoms with Crippen LogP contribution in [-0.2, 0) is 9.53 Å². The molecule has 0 bridgehead atoms. The summed E-state index contributed by atoms with van der Waals surface area (Å²) in [5, 5.41) is 10.8. The average Bonchev–Trinajstić information content (AvgIpc) is 3.27. The number of halogens is 1. The molecule has 0 unspecified atom stereocenters. The van der Waals surface area contributed by atoms with Crippen LogP contribution in [0.25, 0.3) is 0 Å². The van der Waals surface area contributed by atoms with E-state index in [2.05, 4.69) is 20.7 Å². The van der Waals surface area contributed by atoms with Crippen molar-refractivity contribution in [2.45, 2.75) is 13.0 Å². The van der Waals surface area contributed by atoms with Crippen LogP contribution < -0.4 is 20.1 Å². The first-order chi connectivity index (χ1) is 16.4. The van der Waals surface area contributed by atoms with Gasteiger partial charge in [0.25, 0.3) is 11.7 Å². The molecule has 3 aromatic rings. The van der Waals surface area contributed by atoms with Crippen molar-refractivity contribution in [3.05, 3.63) is 70.1 Å². The molecule has 0 fully saturated rings. The first-order valence-electron chi connectivity index (χ1n) is 10.2. The number of nitrogens with zero attached hydrogens (tertiary/aromatic N) is 3. The highest BCUT2D eigenvalue weighted by atomic mass is 35.5. The second-order valence-corrected chi connectivity index (χ2v) is 7.77. The molecule has 4 rings (SSSR count). The van der Waals surface area contributed by atoms with Crippen molar-refractivity contribution < 1.29 is 23.8 Å². The Kier molecular flexibility index (Phi) is 6.42. The number of carbonyl (C=O) groups excluding carboxylic acids is 2. The van der Waals surface area contributed by atoms with Gasteiger partial charge in [0.15, 0.2) is 0 Å². The number of amides is 1. The summed E-state index contributed by atoms with van der Waals surface area (Å²) in [7, 11) is 4.31. The van der Waals surface area contributed by atoms with E-state index in [4.69, 9.17) is 25.8 Å². The normalized spacial score (nSPS) is 14.7. The predicted octanol–water partition coefficient (Wildman–Crippen LogP) is 3.66. The lowest BCUT2D eigenvalue weighted by Gasteiger charge is -2.29. The number of carbonyl (C=O) groups is 2. The van der Waals surface area contributed by atoms with Crippen molar-refractivity contribution in [1.82, 2.24) is 14.8 Å². The minimum atomic E-state index is -0.768. The number of ether oxygens (including phenoxy) is 3. The molecule has 1 aliphatic heterocycles. The Morgan fingerprint density at radius 1 is 1.09 bits per heavy atom. The molecule has 1 aliphatic rings. The number of esters is 1. The van der Waals surface area contributed by atoms with Crippen molar-refractivity contribution in [1.29, 1.82) is 0 Å². The third-order valence-electron chi connectivity index (χ3n) is 5.30. The highest BCUT2D eigenvalue weighted by Gasteiger charge is 2.37. The maximum atomic E-state index is 13.5. The van der Waals surface area contributed by atoms with Crippen LogP contribution in [0.5, 0.6) is 11.5 Å². The van der Waals surface area contributed by atoms with Crippen LogP contribution in [-0.4, -0.2) is 48.0 Å². The summed E-state index contributed by atoms with van der Waals surface area (Å²) in [6, 6.07) is 11.2. The highest BCUT2D eigenvalue weighted by Crippen LogP contribution is 2.40. The van der Waals surface area contributed by atoms with Gasteiger partial charge in [-0.25, -0.2) is 9.48 Å². The van der Waals surface area contributed by atoms with Crippen molar-refractivity contribution in [2.75, 3.05) is 32.0 Å². The molecule has 2 N–H and O–H groups in total. The van der Waals surface area contributed by atoms with E-state index >= 15 is 0 Å². The monoisotopic (exact) mass is 483 g/mol. The summed E-state index contributed by atoms with van der Waals surface area (Å²) in [6.45, 7) is 1.75. The molecular weight excluding hydrogens is 462 g/mol. The molecule has 1 atom stereocenters. The number of nitrogens with one attached hydrogen (secondary N) is 2. The third kappa shape index (κ3) is 4.27. The van der Waals surface area contributed by atoms with Crippen molar-refractivity contribution in [3.8, 4) is 11.5 Å². The molecule has 34 heavy (non-hydrogen) atoms. The second-order valence-electron chi connectivity index (χ2n) is 7.33. The van der Waals surface area contributed by atoms with Gasteiger partial charge in [-0.15, -0.1) is 5.10 Å². The maximum Gasteiger partial charge on any atom is 0.378 e. The molecule has 0 spiro atoms. The molecule has 0 saturated carbocycles. The minimum absolute atomic E-state index is 0.144. The van der Waals surface area contributed by atoms with E-state index in [0.717, 1.165) is 0 Å². The van der Waals surface area contributed by atoms with Crippen LogP contribution in [0.15, 0.2) is 53.7 Å². The highest BCUT2D eigenvalue weighted by molar-refractivity contribution is 6.30. The smallest absolute Gasteiger partial charge is 0.378 e. The molecular formula is C23H22ClN5O5. The number of hydrogen-bond acceptors (Lipinski definition) is 8. The first kappa shape index (κ1) is 23.1. The Balaban J connectivity index is 1.85. The maximum absolute atomic E-state index is 13.5. The fourth-order valence-electron chi connectivity index (χ4n) is 3.69. The standard InChI is InChI=1S/C23H22ClN5O5/c1-12-18(21(30)26-14-7-5-13(24)6-8-14)19(16-10-9-15(32-2)11-17(16)33-3)29-23(25-12)27-20(28-29)22(31)34-4/h5-11,19H,1-4H3,(H,26,30)(H,25,27,28)/t19-/m0/s1. The summed E-state index contributed by atoms with van der Waals surface area (Å²) in [4.78, 5) is 29.9. The quantitative estimate of drug-likeness (QED) is 0.510. The Bertz CT molecular complexity index is 1290. The zero-order valence-electron chi connectivity index (χ0n) is 18.9. The first-order valence-corrected chi connectivity index (χ1v) is 10.6. The molecule has 0 aliphatic carbocycles. The van der Waals surface area contributed by atoms with Crippen LogP contribution in [0.4, 0.5) is 11.6 Å². The summed E-state index contributed by atoms with van der Waals surface area (Å²) < 4.78 is 17.1. The third-order valence-corrected chi connectivity index (χ3v) is 5.55. The van der Waals surface area contributed by atoms with Crippen LogP contribution in [0.2, 0.25) is 5.02 Å². The number of anilines is 2. The van der Waals surface area contributed by atoms with Gasteiger partial charge in [0.1, 0.15) is 17.5 Å². The predicted molar refractivity (Wildman–Crippen MR) is 125 cm³/mol. The van der Waals surface area contributed by atoms with Gasteiger partial charge in [-0.3, -0.25) is 4.79 Å². The minimum Gasteiger partial charge on any atom is -0.497 e. The van der Waals surface area contributed by atoms with Gasteiger partial charge in [0.05, 0.1) is 26.9 Å².